The average Bonchev–Trinajstić information content (AvgIpc) is 3.52. The maximum Gasteiger partial charge on any atom is 0.00733 e. The van der Waals surface area contributed by atoms with E-state index in [1.165, 1.54) is 44.5 Å². The van der Waals surface area contributed by atoms with E-state index in [9.17, 15) is 0 Å². The molecule has 0 amide bonds. The second-order valence-corrected chi connectivity index (χ2v) is 16.5. The van der Waals surface area contributed by atoms with Gasteiger partial charge < -0.3 is 0 Å². The van der Waals surface area contributed by atoms with Gasteiger partial charge in [-0.2, -0.15) is 0 Å². The van der Waals surface area contributed by atoms with Crippen molar-refractivity contribution >= 4 is 0 Å². The Balaban J connectivity index is -0.000000615. The maximum atomic E-state index is 2.28. The average molecular weight is 783 g/mol. The van der Waals surface area contributed by atoms with Gasteiger partial charge in [-0.25, -0.2) is 0 Å². The topological polar surface area (TPSA) is 0 Å². The Labute approximate surface area is 361 Å². The van der Waals surface area contributed by atoms with Crippen molar-refractivity contribution in [3.8, 4) is 11.1 Å². The number of aryl methyl sites for hydroxylation is 4. The molecule has 0 bridgehead atoms. The molecule has 7 rings (SSSR count). The highest BCUT2D eigenvalue weighted by Crippen LogP contribution is 2.43. The Kier molecular flexibility index (Phi) is 35.3. The molecule has 1 aliphatic carbocycles. The van der Waals surface area contributed by atoms with E-state index < -0.39 is 0 Å². The molecule has 0 saturated heterocycles. The molecule has 0 spiro atoms. The molecule has 6 aromatic carbocycles. The highest BCUT2D eigenvalue weighted by Gasteiger charge is 2.23. The van der Waals surface area contributed by atoms with Crippen LogP contribution in [0.15, 0.2) is 170 Å². The molecule has 1 aliphatic rings. The fraction of sp³-hybridized carbons (Fsp3) is 0.379. The Morgan fingerprint density at radius 1 is 0.276 bits per heavy atom. The van der Waals surface area contributed by atoms with Gasteiger partial charge in [-0.15, -0.1) is 0 Å². The zero-order valence-corrected chi connectivity index (χ0v) is 40.7. The highest BCUT2D eigenvalue weighted by atomic mass is 14.3. The summed E-state index contributed by atoms with van der Waals surface area (Å²) in [6.07, 6.45) is 0. The Bertz CT molecular complexity index is 1470. The normalized spacial score (nSPS) is 9.91. The van der Waals surface area contributed by atoms with Gasteiger partial charge in [-0.1, -0.05) is 296 Å². The van der Waals surface area contributed by atoms with E-state index >= 15 is 0 Å². The van der Waals surface area contributed by atoms with Crippen LogP contribution in [0.1, 0.15) is 143 Å². The van der Waals surface area contributed by atoms with Gasteiger partial charge in [0.2, 0.25) is 0 Å². The van der Waals surface area contributed by atoms with Crippen molar-refractivity contribution in [1.82, 2.24) is 0 Å². The van der Waals surface area contributed by atoms with Crippen molar-refractivity contribution in [2.24, 2.45) is 10.8 Å². The SMILES string of the molecule is CC.CC.CC.CC(C)(C)C.CC(C)(C)C.CC1c2ccccc2-c2ccccc21.Cc1ccc(C)cc1.Cc1ccc(C)cc1.c1ccccc1.c1ccccc1. The lowest BCUT2D eigenvalue weighted by Gasteiger charge is -2.05. The van der Waals surface area contributed by atoms with Crippen molar-refractivity contribution in [2.45, 2.75) is 137 Å². The first-order valence-corrected chi connectivity index (χ1v) is 21.7. The molecule has 0 radical (unpaired) electrons. The lowest BCUT2D eigenvalue weighted by Crippen LogP contribution is -1.93. The summed E-state index contributed by atoms with van der Waals surface area (Å²) in [5.41, 5.74) is 12.1. The lowest BCUT2D eigenvalue weighted by molar-refractivity contribution is 0.469. The predicted octanol–water partition coefficient (Wildman–Crippen LogP) is 19.0. The summed E-state index contributed by atoms with van der Waals surface area (Å²) < 4.78 is 0. The third-order valence-electron chi connectivity index (χ3n) is 6.91. The van der Waals surface area contributed by atoms with Crippen LogP contribution in [0.2, 0.25) is 0 Å². The summed E-state index contributed by atoms with van der Waals surface area (Å²) in [6.45, 7) is 40.2. The van der Waals surface area contributed by atoms with Crippen LogP contribution in [0, 0.1) is 38.5 Å². The van der Waals surface area contributed by atoms with Crippen LogP contribution in [0.5, 0.6) is 0 Å². The van der Waals surface area contributed by atoms with Crippen LogP contribution in [-0.2, 0) is 0 Å². The molecule has 0 saturated carbocycles. The molecule has 0 fully saturated rings. The smallest absolute Gasteiger partial charge is 0.00733 e. The van der Waals surface area contributed by atoms with Gasteiger partial charge in [-0.05, 0) is 60.8 Å². The Hall–Kier alpha value is -4.68. The predicted molar refractivity (Wildman–Crippen MR) is 268 cm³/mol. The van der Waals surface area contributed by atoms with Gasteiger partial charge in [0.15, 0.2) is 0 Å². The van der Waals surface area contributed by atoms with Crippen molar-refractivity contribution in [3.63, 3.8) is 0 Å². The first-order chi connectivity index (χ1) is 27.5. The van der Waals surface area contributed by atoms with E-state index in [1.807, 2.05) is 114 Å². The molecule has 0 aromatic heterocycles. The van der Waals surface area contributed by atoms with Crippen LogP contribution in [0.3, 0.4) is 0 Å². The molecule has 0 heterocycles. The minimum atomic E-state index is 0.500. The van der Waals surface area contributed by atoms with E-state index in [1.54, 1.807) is 0 Å². The van der Waals surface area contributed by atoms with Gasteiger partial charge >= 0.3 is 0 Å². The van der Waals surface area contributed by atoms with E-state index in [2.05, 4.69) is 187 Å². The van der Waals surface area contributed by atoms with Crippen LogP contribution < -0.4 is 0 Å². The third kappa shape index (κ3) is 34.6. The van der Waals surface area contributed by atoms with Gasteiger partial charge in [-0.3, -0.25) is 0 Å². The fourth-order valence-corrected chi connectivity index (χ4v) is 4.45. The number of hydrogen-bond donors (Lipinski definition) is 0. The second-order valence-electron chi connectivity index (χ2n) is 16.5. The van der Waals surface area contributed by atoms with Crippen molar-refractivity contribution < 1.29 is 0 Å². The molecule has 0 atom stereocenters. The van der Waals surface area contributed by atoms with E-state index in [0.29, 0.717) is 16.7 Å². The van der Waals surface area contributed by atoms with Crippen LogP contribution in [-0.4, -0.2) is 0 Å². The number of hydrogen-bond acceptors (Lipinski definition) is 0. The minimum Gasteiger partial charge on any atom is -0.0683 e. The summed E-state index contributed by atoms with van der Waals surface area (Å²) in [5.74, 6) is 0.558. The van der Waals surface area contributed by atoms with Crippen LogP contribution >= 0.6 is 0 Å². The summed E-state index contributed by atoms with van der Waals surface area (Å²) in [4.78, 5) is 0. The third-order valence-corrected chi connectivity index (χ3v) is 6.91. The Morgan fingerprint density at radius 3 is 0.603 bits per heavy atom. The molecule has 0 unspecified atom stereocenters. The van der Waals surface area contributed by atoms with Gasteiger partial charge in [0.05, 0.1) is 0 Å². The van der Waals surface area contributed by atoms with E-state index in [-0.39, 0.29) is 0 Å². The molecule has 0 aliphatic heterocycles. The zero-order valence-electron chi connectivity index (χ0n) is 40.7. The Morgan fingerprint density at radius 2 is 0.431 bits per heavy atom. The molecule has 6 aromatic rings. The molecule has 0 nitrogen and oxygen atoms in total. The summed E-state index contributed by atoms with van der Waals surface area (Å²) >= 11 is 0. The van der Waals surface area contributed by atoms with E-state index in [0.717, 1.165) is 0 Å². The summed E-state index contributed by atoms with van der Waals surface area (Å²) in [7, 11) is 0. The minimum absolute atomic E-state index is 0.500. The molecule has 0 N–H and O–H groups in total. The highest BCUT2D eigenvalue weighted by molar-refractivity contribution is 5.78. The van der Waals surface area contributed by atoms with Crippen molar-refractivity contribution in [3.05, 3.63) is 203 Å². The largest absolute Gasteiger partial charge is 0.0683 e. The molecular formula is C58H86. The molecule has 58 heavy (non-hydrogen) atoms. The number of fused-ring (bicyclic) bond motifs is 3. The van der Waals surface area contributed by atoms with Gasteiger partial charge in [0.1, 0.15) is 0 Å². The number of benzene rings is 6. The molecule has 0 heteroatoms. The summed E-state index contributed by atoms with van der Waals surface area (Å²) in [6, 6.07) is 58.4. The van der Waals surface area contributed by atoms with Crippen LogP contribution in [0.4, 0.5) is 0 Å². The number of rotatable bonds is 0. The lowest BCUT2D eigenvalue weighted by atomic mass is 10.00. The molecule has 318 valence electrons. The van der Waals surface area contributed by atoms with Crippen molar-refractivity contribution in [2.75, 3.05) is 0 Å². The summed E-state index contributed by atoms with van der Waals surface area (Å²) in [5, 5.41) is 0. The standard InChI is InChI=1S/C14H12.2C8H10.2C6H6.2C5H12.3C2H6/c1-10-11-6-2-4-8-13(11)14-9-5-3-7-12(10)14;2*1-7-3-5-8(2)6-4-7;2*1-2-4-6-5-3-1;2*1-5(2,3)4;3*1-2/h2-10H,1H3;2*3-6H,1-2H3;2*1-6H;2*1-4H3;3*1-2H3. The first-order valence-electron chi connectivity index (χ1n) is 21.7. The van der Waals surface area contributed by atoms with Gasteiger partial charge in [0.25, 0.3) is 0 Å². The first kappa shape index (κ1) is 57.6. The fourth-order valence-electron chi connectivity index (χ4n) is 4.45. The quantitative estimate of drug-likeness (QED) is 0.144. The monoisotopic (exact) mass is 783 g/mol. The van der Waals surface area contributed by atoms with Crippen LogP contribution in [0.25, 0.3) is 11.1 Å². The zero-order chi connectivity index (χ0) is 45.0. The van der Waals surface area contributed by atoms with Gasteiger partial charge in [0, 0.05) is 5.92 Å². The van der Waals surface area contributed by atoms with E-state index in [4.69, 9.17) is 0 Å². The molecular weight excluding hydrogens is 697 g/mol. The second kappa shape index (κ2) is 35.5. The van der Waals surface area contributed by atoms with Crippen molar-refractivity contribution in [1.29, 1.82) is 0 Å². The maximum absolute atomic E-state index is 2.28.